The van der Waals surface area contributed by atoms with E-state index in [9.17, 15) is 4.79 Å². The molecule has 78 valence electrons. The number of hydrogen-bond donors (Lipinski definition) is 2. The minimum absolute atomic E-state index is 0.204. The maximum absolute atomic E-state index is 11.2. The van der Waals surface area contributed by atoms with Crippen LogP contribution in [0.3, 0.4) is 0 Å². The molecule has 4 nitrogen and oxygen atoms in total. The molecule has 0 saturated heterocycles. The average molecular weight is 204 g/mol. The minimum atomic E-state index is -0.332. The van der Waals surface area contributed by atoms with Crippen molar-refractivity contribution in [1.29, 1.82) is 0 Å². The topological polar surface area (TPSA) is 50.4 Å². The van der Waals surface area contributed by atoms with Crippen molar-refractivity contribution >= 4 is 11.7 Å². The van der Waals surface area contributed by atoms with Crippen molar-refractivity contribution in [3.05, 3.63) is 24.3 Å². The van der Waals surface area contributed by atoms with Gasteiger partial charge in [0, 0.05) is 11.8 Å². The number of benzene rings is 1. The molecule has 0 heterocycles. The number of carbonyl (C=O) groups is 1. The van der Waals surface area contributed by atoms with Crippen LogP contribution in [0.2, 0.25) is 0 Å². The summed E-state index contributed by atoms with van der Waals surface area (Å²) in [5.74, 6) is 3.00. The number of urea groups is 1. The van der Waals surface area contributed by atoms with E-state index in [1.165, 1.54) is 0 Å². The smallest absolute Gasteiger partial charge is 0.319 e. The lowest BCUT2D eigenvalue weighted by Crippen LogP contribution is -2.28. The maximum Gasteiger partial charge on any atom is 0.319 e. The van der Waals surface area contributed by atoms with Crippen LogP contribution in [0.1, 0.15) is 0 Å². The number of carbonyl (C=O) groups excluding carboxylic acids is 1. The molecular weight excluding hydrogens is 192 g/mol. The number of methoxy groups -OCH3 is 1. The van der Waals surface area contributed by atoms with Crippen molar-refractivity contribution in [2.24, 2.45) is 0 Å². The number of rotatable bonds is 3. The lowest BCUT2D eigenvalue weighted by atomic mass is 10.3. The van der Waals surface area contributed by atoms with Gasteiger partial charge in [0.05, 0.1) is 13.7 Å². The third kappa shape index (κ3) is 3.61. The van der Waals surface area contributed by atoms with Gasteiger partial charge in [-0.3, -0.25) is 0 Å². The van der Waals surface area contributed by atoms with Crippen LogP contribution in [0.4, 0.5) is 10.5 Å². The monoisotopic (exact) mass is 204 g/mol. The minimum Gasteiger partial charge on any atom is -0.497 e. The van der Waals surface area contributed by atoms with Crippen LogP contribution in [0.15, 0.2) is 24.3 Å². The first-order valence-electron chi connectivity index (χ1n) is 4.38. The van der Waals surface area contributed by atoms with Gasteiger partial charge in [0.2, 0.25) is 0 Å². The molecule has 0 bridgehead atoms. The van der Waals surface area contributed by atoms with Gasteiger partial charge in [-0.1, -0.05) is 12.0 Å². The highest BCUT2D eigenvalue weighted by Crippen LogP contribution is 2.16. The summed E-state index contributed by atoms with van der Waals surface area (Å²) in [4.78, 5) is 11.2. The van der Waals surface area contributed by atoms with Crippen LogP contribution in [0, 0.1) is 12.3 Å². The van der Waals surface area contributed by atoms with E-state index in [1.807, 2.05) is 0 Å². The van der Waals surface area contributed by atoms with Gasteiger partial charge in [0.25, 0.3) is 0 Å². The first kappa shape index (κ1) is 10.9. The Morgan fingerprint density at radius 2 is 2.40 bits per heavy atom. The van der Waals surface area contributed by atoms with Crippen LogP contribution >= 0.6 is 0 Å². The first-order chi connectivity index (χ1) is 7.26. The molecule has 0 aliphatic rings. The van der Waals surface area contributed by atoms with E-state index < -0.39 is 0 Å². The lowest BCUT2D eigenvalue weighted by Gasteiger charge is -2.06. The van der Waals surface area contributed by atoms with E-state index in [4.69, 9.17) is 11.2 Å². The van der Waals surface area contributed by atoms with E-state index in [0.29, 0.717) is 11.4 Å². The largest absolute Gasteiger partial charge is 0.497 e. The molecule has 0 aliphatic carbocycles. The predicted molar refractivity (Wildman–Crippen MR) is 58.8 cm³/mol. The number of terminal acetylenes is 1. The Hall–Kier alpha value is -2.15. The zero-order valence-electron chi connectivity index (χ0n) is 8.41. The molecule has 0 fully saturated rings. The Balaban J connectivity index is 2.57. The maximum atomic E-state index is 11.2. The average Bonchev–Trinajstić information content (AvgIpc) is 2.26. The lowest BCUT2D eigenvalue weighted by molar-refractivity contribution is 0.253. The molecule has 2 N–H and O–H groups in total. The van der Waals surface area contributed by atoms with E-state index in [1.54, 1.807) is 31.4 Å². The molecule has 0 radical (unpaired) electrons. The highest BCUT2D eigenvalue weighted by molar-refractivity contribution is 5.89. The van der Waals surface area contributed by atoms with E-state index in [2.05, 4.69) is 16.6 Å². The van der Waals surface area contributed by atoms with Gasteiger partial charge in [0.1, 0.15) is 5.75 Å². The van der Waals surface area contributed by atoms with E-state index >= 15 is 0 Å². The third-order valence-corrected chi connectivity index (χ3v) is 1.68. The molecular formula is C11H12N2O2. The van der Waals surface area contributed by atoms with Crippen LogP contribution in [-0.4, -0.2) is 19.7 Å². The number of hydrogen-bond acceptors (Lipinski definition) is 2. The number of amides is 2. The second-order valence-electron chi connectivity index (χ2n) is 2.74. The molecule has 1 aromatic carbocycles. The molecule has 15 heavy (non-hydrogen) atoms. The Morgan fingerprint density at radius 1 is 1.60 bits per heavy atom. The second-order valence-corrected chi connectivity index (χ2v) is 2.74. The first-order valence-corrected chi connectivity index (χ1v) is 4.38. The fourth-order valence-corrected chi connectivity index (χ4v) is 1.01. The van der Waals surface area contributed by atoms with Crippen molar-refractivity contribution in [1.82, 2.24) is 5.32 Å². The fraction of sp³-hybridized carbons (Fsp3) is 0.182. The summed E-state index contributed by atoms with van der Waals surface area (Å²) in [5, 5.41) is 5.12. The Bertz CT molecular complexity index is 382. The van der Waals surface area contributed by atoms with Crippen molar-refractivity contribution in [3.63, 3.8) is 0 Å². The molecule has 0 spiro atoms. The summed E-state index contributed by atoms with van der Waals surface area (Å²) >= 11 is 0. The number of nitrogens with one attached hydrogen (secondary N) is 2. The van der Waals surface area contributed by atoms with Gasteiger partial charge in [-0.2, -0.15) is 0 Å². The Morgan fingerprint density at radius 3 is 3.07 bits per heavy atom. The van der Waals surface area contributed by atoms with Crippen LogP contribution in [0.5, 0.6) is 5.75 Å². The Labute approximate surface area is 88.6 Å². The SMILES string of the molecule is C#CCNC(=O)Nc1cccc(OC)c1. The van der Waals surface area contributed by atoms with Crippen LogP contribution < -0.4 is 15.4 Å². The van der Waals surface area contributed by atoms with Crippen molar-refractivity contribution < 1.29 is 9.53 Å². The van der Waals surface area contributed by atoms with Crippen molar-refractivity contribution in [2.75, 3.05) is 19.0 Å². The van der Waals surface area contributed by atoms with Gasteiger partial charge < -0.3 is 15.4 Å². The molecule has 0 atom stereocenters. The zero-order chi connectivity index (χ0) is 11.1. The predicted octanol–water partition coefficient (Wildman–Crippen LogP) is 1.45. The zero-order valence-corrected chi connectivity index (χ0v) is 8.41. The van der Waals surface area contributed by atoms with Crippen molar-refractivity contribution in [2.45, 2.75) is 0 Å². The highest BCUT2D eigenvalue weighted by atomic mass is 16.5. The summed E-state index contributed by atoms with van der Waals surface area (Å²) in [5.41, 5.74) is 0.656. The van der Waals surface area contributed by atoms with Gasteiger partial charge in [-0.15, -0.1) is 6.42 Å². The molecule has 2 amide bonds. The Kier molecular flexibility index (Phi) is 4.05. The summed E-state index contributed by atoms with van der Waals surface area (Å²) in [7, 11) is 1.57. The highest BCUT2D eigenvalue weighted by Gasteiger charge is 2.00. The summed E-state index contributed by atoms with van der Waals surface area (Å²) in [6.07, 6.45) is 5.00. The van der Waals surface area contributed by atoms with Crippen molar-refractivity contribution in [3.8, 4) is 18.1 Å². The fourth-order valence-electron chi connectivity index (χ4n) is 1.01. The van der Waals surface area contributed by atoms with Crippen LogP contribution in [-0.2, 0) is 0 Å². The standard InChI is InChI=1S/C11H12N2O2/c1-3-7-12-11(14)13-9-5-4-6-10(8-9)15-2/h1,4-6,8H,7H2,2H3,(H2,12,13,14). The molecule has 1 rings (SSSR count). The number of ether oxygens (including phenoxy) is 1. The molecule has 0 saturated carbocycles. The van der Waals surface area contributed by atoms with Gasteiger partial charge in [-0.25, -0.2) is 4.79 Å². The molecule has 0 aliphatic heterocycles. The molecule has 0 aromatic heterocycles. The van der Waals surface area contributed by atoms with E-state index in [0.717, 1.165) is 0 Å². The van der Waals surface area contributed by atoms with E-state index in [-0.39, 0.29) is 12.6 Å². The second kappa shape index (κ2) is 5.55. The molecule has 4 heteroatoms. The summed E-state index contributed by atoms with van der Waals surface area (Å²) in [6, 6.07) is 6.73. The van der Waals surface area contributed by atoms with Gasteiger partial charge >= 0.3 is 6.03 Å². The summed E-state index contributed by atoms with van der Waals surface area (Å²) < 4.78 is 5.01. The third-order valence-electron chi connectivity index (χ3n) is 1.68. The number of anilines is 1. The molecule has 1 aromatic rings. The quantitative estimate of drug-likeness (QED) is 0.732. The van der Waals surface area contributed by atoms with Gasteiger partial charge in [-0.05, 0) is 12.1 Å². The summed E-state index contributed by atoms with van der Waals surface area (Å²) in [6.45, 7) is 0.204. The normalized spacial score (nSPS) is 8.80. The van der Waals surface area contributed by atoms with Gasteiger partial charge in [0.15, 0.2) is 0 Å². The van der Waals surface area contributed by atoms with Crippen LogP contribution in [0.25, 0.3) is 0 Å². The molecule has 0 unspecified atom stereocenters.